The zero-order valence-corrected chi connectivity index (χ0v) is 16.6. The summed E-state index contributed by atoms with van der Waals surface area (Å²) >= 11 is 0. The molecule has 150 valence electrons. The lowest BCUT2D eigenvalue weighted by molar-refractivity contribution is 0.102. The maximum atomic E-state index is 13.4. The molecule has 3 aromatic carbocycles. The maximum absolute atomic E-state index is 13.4. The van der Waals surface area contributed by atoms with E-state index in [2.05, 4.69) is 10.0 Å². The second kappa shape index (κ2) is 8.32. The van der Waals surface area contributed by atoms with E-state index in [1.165, 1.54) is 37.4 Å². The molecule has 0 heterocycles. The summed E-state index contributed by atoms with van der Waals surface area (Å²) in [4.78, 5) is 12.4. The summed E-state index contributed by atoms with van der Waals surface area (Å²) in [7, 11) is -2.49. The molecule has 0 aliphatic rings. The van der Waals surface area contributed by atoms with Gasteiger partial charge in [-0.3, -0.25) is 9.52 Å². The van der Waals surface area contributed by atoms with Gasteiger partial charge in [-0.05, 0) is 55.0 Å². The molecule has 0 bridgehead atoms. The van der Waals surface area contributed by atoms with E-state index in [4.69, 9.17) is 4.74 Å². The number of carbonyl (C=O) groups excluding carboxylic acids is 1. The van der Waals surface area contributed by atoms with E-state index in [0.717, 1.165) is 6.07 Å². The molecular formula is C21H19FN2O4S. The van der Waals surface area contributed by atoms with Crippen molar-refractivity contribution >= 4 is 27.3 Å². The van der Waals surface area contributed by atoms with Gasteiger partial charge in [-0.1, -0.05) is 24.3 Å². The Bertz CT molecular complexity index is 1160. The van der Waals surface area contributed by atoms with Crippen molar-refractivity contribution in [3.63, 3.8) is 0 Å². The highest BCUT2D eigenvalue weighted by Gasteiger charge is 2.18. The first kappa shape index (κ1) is 20.3. The zero-order valence-electron chi connectivity index (χ0n) is 15.8. The molecule has 29 heavy (non-hydrogen) atoms. The number of para-hydroxylation sites is 2. The molecule has 3 aromatic rings. The highest BCUT2D eigenvalue weighted by molar-refractivity contribution is 7.92. The Kier molecular flexibility index (Phi) is 5.84. The fourth-order valence-electron chi connectivity index (χ4n) is 2.66. The van der Waals surface area contributed by atoms with E-state index in [0.29, 0.717) is 22.7 Å². The normalized spacial score (nSPS) is 11.0. The summed E-state index contributed by atoms with van der Waals surface area (Å²) in [6.07, 6.45) is 0. The van der Waals surface area contributed by atoms with Crippen LogP contribution in [0, 0.1) is 12.7 Å². The monoisotopic (exact) mass is 414 g/mol. The Labute approximate surface area is 168 Å². The van der Waals surface area contributed by atoms with Crippen molar-refractivity contribution in [2.24, 2.45) is 0 Å². The Morgan fingerprint density at radius 2 is 1.72 bits per heavy atom. The van der Waals surface area contributed by atoms with Crippen LogP contribution < -0.4 is 14.8 Å². The minimum atomic E-state index is -3.93. The summed E-state index contributed by atoms with van der Waals surface area (Å²) in [5, 5.41) is 2.63. The summed E-state index contributed by atoms with van der Waals surface area (Å²) < 4.78 is 46.6. The lowest BCUT2D eigenvalue weighted by Gasteiger charge is -2.14. The van der Waals surface area contributed by atoms with Gasteiger partial charge in [0.25, 0.3) is 15.9 Å². The number of aryl methyl sites for hydroxylation is 1. The smallest absolute Gasteiger partial charge is 0.262 e. The number of hydrogen-bond acceptors (Lipinski definition) is 4. The van der Waals surface area contributed by atoms with Crippen molar-refractivity contribution in [2.45, 2.75) is 11.8 Å². The molecule has 0 atom stereocenters. The van der Waals surface area contributed by atoms with Crippen molar-refractivity contribution in [1.82, 2.24) is 0 Å². The van der Waals surface area contributed by atoms with Gasteiger partial charge in [-0.15, -0.1) is 0 Å². The van der Waals surface area contributed by atoms with Crippen LogP contribution in [0.25, 0.3) is 0 Å². The van der Waals surface area contributed by atoms with Crippen molar-refractivity contribution in [2.75, 3.05) is 17.1 Å². The first-order chi connectivity index (χ1) is 13.8. The Morgan fingerprint density at radius 1 is 0.966 bits per heavy atom. The zero-order chi connectivity index (χ0) is 21.0. The average molecular weight is 414 g/mol. The van der Waals surface area contributed by atoms with E-state index < -0.39 is 21.7 Å². The minimum Gasteiger partial charge on any atom is -0.495 e. The van der Waals surface area contributed by atoms with Gasteiger partial charge >= 0.3 is 0 Å². The summed E-state index contributed by atoms with van der Waals surface area (Å²) in [6.45, 7) is 1.73. The van der Waals surface area contributed by atoms with Gasteiger partial charge in [0.1, 0.15) is 11.6 Å². The number of anilines is 2. The number of carbonyl (C=O) groups is 1. The predicted octanol–water partition coefficient (Wildman–Crippen LogP) is 4.20. The van der Waals surface area contributed by atoms with Gasteiger partial charge in [-0.25, -0.2) is 12.8 Å². The lowest BCUT2D eigenvalue weighted by Crippen LogP contribution is -2.16. The molecule has 0 spiro atoms. The van der Waals surface area contributed by atoms with Gasteiger partial charge < -0.3 is 10.1 Å². The number of rotatable bonds is 6. The number of benzene rings is 3. The number of sulfonamides is 1. The molecular weight excluding hydrogens is 395 g/mol. The first-order valence-electron chi connectivity index (χ1n) is 8.63. The number of hydrogen-bond donors (Lipinski definition) is 2. The van der Waals surface area contributed by atoms with Gasteiger partial charge in [0.2, 0.25) is 0 Å². The first-order valence-corrected chi connectivity index (χ1v) is 10.1. The average Bonchev–Trinajstić information content (AvgIpc) is 2.69. The number of halogens is 1. The molecule has 0 unspecified atom stereocenters. The molecule has 0 aromatic heterocycles. The van der Waals surface area contributed by atoms with Crippen LogP contribution in [-0.2, 0) is 10.0 Å². The largest absolute Gasteiger partial charge is 0.495 e. The third-order valence-electron chi connectivity index (χ3n) is 4.21. The highest BCUT2D eigenvalue weighted by Crippen LogP contribution is 2.28. The fraction of sp³-hybridized carbons (Fsp3) is 0.0952. The van der Waals surface area contributed by atoms with Crippen molar-refractivity contribution in [3.05, 3.63) is 83.7 Å². The maximum Gasteiger partial charge on any atom is 0.262 e. The fourth-order valence-corrected chi connectivity index (χ4v) is 3.76. The van der Waals surface area contributed by atoms with E-state index in [-0.39, 0.29) is 10.5 Å². The van der Waals surface area contributed by atoms with Crippen molar-refractivity contribution in [1.29, 1.82) is 0 Å². The minimum absolute atomic E-state index is 0.0384. The molecule has 0 aliphatic carbocycles. The van der Waals surface area contributed by atoms with E-state index in [9.17, 15) is 17.6 Å². The van der Waals surface area contributed by atoms with Crippen LogP contribution in [0.1, 0.15) is 15.9 Å². The van der Waals surface area contributed by atoms with Crippen LogP contribution in [0.15, 0.2) is 71.6 Å². The van der Waals surface area contributed by atoms with Crippen molar-refractivity contribution in [3.8, 4) is 5.75 Å². The molecule has 1 amide bonds. The Balaban J connectivity index is 1.89. The number of ether oxygens (including phenoxy) is 1. The molecule has 0 saturated carbocycles. The topological polar surface area (TPSA) is 84.5 Å². The van der Waals surface area contributed by atoms with Crippen LogP contribution in [-0.4, -0.2) is 21.4 Å². The van der Waals surface area contributed by atoms with E-state index in [1.54, 1.807) is 37.3 Å². The number of methoxy groups -OCH3 is 1. The van der Waals surface area contributed by atoms with Gasteiger partial charge in [-0.2, -0.15) is 0 Å². The van der Waals surface area contributed by atoms with E-state index in [1.807, 2.05) is 0 Å². The molecule has 0 aliphatic heterocycles. The summed E-state index contributed by atoms with van der Waals surface area (Å²) in [5.74, 6) is -0.700. The summed E-state index contributed by atoms with van der Waals surface area (Å²) in [6, 6.07) is 16.2. The molecule has 8 heteroatoms. The van der Waals surface area contributed by atoms with Crippen molar-refractivity contribution < 1.29 is 22.3 Å². The Morgan fingerprint density at radius 3 is 2.45 bits per heavy atom. The SMILES string of the molecule is COc1ccccc1NS(=O)(=O)c1ccc(C)c(NC(=O)c2cccc(F)c2)c1. The third-order valence-corrected chi connectivity index (χ3v) is 5.57. The molecule has 0 saturated heterocycles. The molecule has 0 radical (unpaired) electrons. The van der Waals surface area contributed by atoms with Gasteiger partial charge in [0.15, 0.2) is 0 Å². The van der Waals surface area contributed by atoms with Crippen LogP contribution in [0.3, 0.4) is 0 Å². The number of amides is 1. The standard InChI is InChI=1S/C21H19FN2O4S/c1-14-10-11-17(29(26,27)24-18-8-3-4-9-20(18)28-2)13-19(14)23-21(25)15-6-5-7-16(22)12-15/h3-13,24H,1-2H3,(H,23,25). The van der Waals surface area contributed by atoms with Crippen LogP contribution in [0.2, 0.25) is 0 Å². The molecule has 2 N–H and O–H groups in total. The number of nitrogens with one attached hydrogen (secondary N) is 2. The van der Waals surface area contributed by atoms with Crippen LogP contribution >= 0.6 is 0 Å². The molecule has 6 nitrogen and oxygen atoms in total. The summed E-state index contributed by atoms with van der Waals surface area (Å²) in [5.41, 5.74) is 1.39. The highest BCUT2D eigenvalue weighted by atomic mass is 32.2. The van der Waals surface area contributed by atoms with Gasteiger partial charge in [0, 0.05) is 11.3 Å². The van der Waals surface area contributed by atoms with Gasteiger partial charge in [0.05, 0.1) is 17.7 Å². The van der Waals surface area contributed by atoms with Crippen LogP contribution in [0.5, 0.6) is 5.75 Å². The molecule has 0 fully saturated rings. The third kappa shape index (κ3) is 4.72. The second-order valence-corrected chi connectivity index (χ2v) is 7.93. The quantitative estimate of drug-likeness (QED) is 0.633. The Hall–Kier alpha value is -3.39. The predicted molar refractivity (Wildman–Crippen MR) is 109 cm³/mol. The van der Waals surface area contributed by atoms with E-state index >= 15 is 0 Å². The lowest BCUT2D eigenvalue weighted by atomic mass is 10.1. The molecule has 3 rings (SSSR count). The van der Waals surface area contributed by atoms with Crippen LogP contribution in [0.4, 0.5) is 15.8 Å². The second-order valence-electron chi connectivity index (χ2n) is 6.25.